The molecule has 0 radical (unpaired) electrons. The number of methoxy groups -OCH3 is 1. The van der Waals surface area contributed by atoms with Gasteiger partial charge < -0.3 is 19.3 Å². The number of fused-ring (bicyclic) bond motifs is 1. The van der Waals surface area contributed by atoms with Crippen LogP contribution in [-0.4, -0.2) is 47.3 Å². The lowest BCUT2D eigenvalue weighted by atomic mass is 9.95. The molecule has 3 heterocycles. The van der Waals surface area contributed by atoms with E-state index in [0.29, 0.717) is 57.2 Å². The number of amides is 1. The van der Waals surface area contributed by atoms with Gasteiger partial charge in [-0.3, -0.25) is 14.5 Å². The van der Waals surface area contributed by atoms with E-state index in [9.17, 15) is 19.1 Å². The number of hydrogen-bond donors (Lipinski definition) is 1. The molecule has 4 aromatic rings. The predicted molar refractivity (Wildman–Crippen MR) is 151 cm³/mol. The van der Waals surface area contributed by atoms with Gasteiger partial charge in [-0.25, -0.2) is 4.39 Å². The summed E-state index contributed by atoms with van der Waals surface area (Å²) in [5.74, 6) is -0.561. The summed E-state index contributed by atoms with van der Waals surface area (Å²) < 4.78 is 31.1. The summed E-state index contributed by atoms with van der Waals surface area (Å²) in [6, 6.07) is 17.1. The Morgan fingerprint density at radius 3 is 2.59 bits per heavy atom. The number of thioether (sulfide) groups is 1. The van der Waals surface area contributed by atoms with E-state index in [0.717, 1.165) is 11.3 Å². The quantitative estimate of drug-likeness (QED) is 0.0996. The Balaban J connectivity index is 1.39. The van der Waals surface area contributed by atoms with E-state index in [1.165, 1.54) is 29.8 Å². The highest BCUT2D eigenvalue weighted by atomic mass is 32.2. The van der Waals surface area contributed by atoms with Gasteiger partial charge in [-0.05, 0) is 47.5 Å². The van der Waals surface area contributed by atoms with Gasteiger partial charge in [-0.2, -0.15) is 0 Å². The van der Waals surface area contributed by atoms with Crippen LogP contribution in [0.2, 0.25) is 0 Å². The van der Waals surface area contributed by atoms with E-state index in [4.69, 9.17) is 14.2 Å². The van der Waals surface area contributed by atoms with Crippen LogP contribution >= 0.6 is 23.1 Å². The first-order valence-corrected chi connectivity index (χ1v) is 14.3. The Hall–Kier alpha value is -4.42. The molecule has 2 aliphatic rings. The van der Waals surface area contributed by atoms with E-state index >= 15 is 0 Å². The number of aliphatic hydroxyl groups excluding tert-OH is 1. The molecule has 6 rings (SSSR count). The molecule has 2 aliphatic heterocycles. The summed E-state index contributed by atoms with van der Waals surface area (Å²) in [6.07, 6.45) is 0. The molecule has 1 aromatic heterocycles. The molecule has 3 aromatic carbocycles. The number of nitrogens with zero attached hydrogens (tertiary/aromatic N) is 3. The number of Topliss-reactive ketones (excluding diaryl/α,β-unsaturated/α-hetero) is 1. The number of halogens is 1. The Bertz CT molecular complexity index is 1670. The molecule has 1 unspecified atom stereocenters. The molecule has 1 N–H and O–H groups in total. The largest absolute Gasteiger partial charge is 0.507 e. The maximum absolute atomic E-state index is 14.1. The van der Waals surface area contributed by atoms with Crippen LogP contribution in [0.5, 0.6) is 17.2 Å². The maximum atomic E-state index is 14.1. The van der Waals surface area contributed by atoms with Crippen LogP contribution < -0.4 is 19.1 Å². The van der Waals surface area contributed by atoms with Crippen molar-refractivity contribution in [3.8, 4) is 17.2 Å². The van der Waals surface area contributed by atoms with Crippen LogP contribution in [0, 0.1) is 5.82 Å². The Labute approximate surface area is 242 Å². The van der Waals surface area contributed by atoms with Gasteiger partial charge in [0.15, 0.2) is 15.8 Å². The van der Waals surface area contributed by atoms with Gasteiger partial charge in [0, 0.05) is 11.3 Å². The minimum Gasteiger partial charge on any atom is -0.507 e. The van der Waals surface area contributed by atoms with E-state index in [2.05, 4.69) is 10.2 Å². The number of ether oxygens (including phenoxy) is 3. The first kappa shape index (κ1) is 26.8. The minimum atomic E-state index is -0.994. The smallest absolute Gasteiger partial charge is 0.301 e. The molecule has 1 fully saturated rings. The zero-order valence-corrected chi connectivity index (χ0v) is 23.2. The standard InChI is InChI=1S/C29H22FN3O6S2/c1-37-19-9-6-16(7-10-19)24-23(25(34)17-8-11-21-22(14-17)39-13-12-38-21)26(35)27(36)33(24)28-31-32-29(41-28)40-15-18-4-2-3-5-20(18)30/h2-11,14,24,34H,12-13,15H2,1H3/b25-23+. The van der Waals surface area contributed by atoms with Crippen LogP contribution in [0.3, 0.4) is 0 Å². The Kier molecular flexibility index (Phi) is 7.33. The fourth-order valence-electron chi connectivity index (χ4n) is 4.59. The molecule has 0 aliphatic carbocycles. The first-order chi connectivity index (χ1) is 19.9. The van der Waals surface area contributed by atoms with Crippen LogP contribution in [0.15, 0.2) is 76.6 Å². The fraction of sp³-hybridized carbons (Fsp3) is 0.172. The average Bonchev–Trinajstić information content (AvgIpc) is 3.58. The molecule has 41 heavy (non-hydrogen) atoms. The summed E-state index contributed by atoms with van der Waals surface area (Å²) in [4.78, 5) is 28.2. The van der Waals surface area contributed by atoms with Crippen molar-refractivity contribution in [3.63, 3.8) is 0 Å². The molecule has 1 atom stereocenters. The number of aliphatic hydroxyl groups is 1. The second kappa shape index (κ2) is 11.2. The highest BCUT2D eigenvalue weighted by Gasteiger charge is 2.48. The monoisotopic (exact) mass is 591 g/mol. The van der Waals surface area contributed by atoms with Crippen molar-refractivity contribution in [3.05, 3.63) is 94.8 Å². The number of hydrogen-bond acceptors (Lipinski definition) is 10. The van der Waals surface area contributed by atoms with Crippen molar-refractivity contribution in [2.45, 2.75) is 16.1 Å². The molecule has 1 saturated heterocycles. The van der Waals surface area contributed by atoms with Gasteiger partial charge in [-0.1, -0.05) is 53.4 Å². The molecule has 0 bridgehead atoms. The molecular formula is C29H22FN3O6S2. The number of anilines is 1. The minimum absolute atomic E-state index is 0.104. The molecule has 208 valence electrons. The topological polar surface area (TPSA) is 111 Å². The molecule has 9 nitrogen and oxygen atoms in total. The van der Waals surface area contributed by atoms with Crippen molar-refractivity contribution in [1.29, 1.82) is 0 Å². The van der Waals surface area contributed by atoms with E-state index in [1.54, 1.807) is 60.7 Å². The van der Waals surface area contributed by atoms with Gasteiger partial charge in [-0.15, -0.1) is 10.2 Å². The van der Waals surface area contributed by atoms with Gasteiger partial charge in [0.05, 0.1) is 18.7 Å². The van der Waals surface area contributed by atoms with Crippen LogP contribution in [0.1, 0.15) is 22.7 Å². The van der Waals surface area contributed by atoms with Gasteiger partial charge in [0.2, 0.25) is 5.13 Å². The van der Waals surface area contributed by atoms with Crippen LogP contribution in [-0.2, 0) is 15.3 Å². The predicted octanol–water partition coefficient (Wildman–Crippen LogP) is 5.38. The molecular weight excluding hydrogens is 569 g/mol. The number of aromatic nitrogens is 2. The van der Waals surface area contributed by atoms with E-state index < -0.39 is 17.7 Å². The van der Waals surface area contributed by atoms with E-state index in [1.807, 2.05) is 0 Å². The summed E-state index contributed by atoms with van der Waals surface area (Å²) >= 11 is 2.37. The van der Waals surface area contributed by atoms with Crippen molar-refractivity contribution in [2.75, 3.05) is 25.2 Å². The second-order valence-corrected chi connectivity index (χ2v) is 11.2. The lowest BCUT2D eigenvalue weighted by Gasteiger charge is -2.23. The fourth-order valence-corrected chi connectivity index (χ4v) is 6.44. The molecule has 1 amide bonds. The molecule has 12 heteroatoms. The highest BCUT2D eigenvalue weighted by Crippen LogP contribution is 2.45. The third-order valence-corrected chi connectivity index (χ3v) is 8.71. The zero-order valence-electron chi connectivity index (χ0n) is 21.6. The number of benzene rings is 3. The maximum Gasteiger partial charge on any atom is 0.301 e. The Morgan fingerprint density at radius 1 is 1.07 bits per heavy atom. The van der Waals surface area contributed by atoms with Crippen molar-refractivity contribution < 1.29 is 33.3 Å². The summed E-state index contributed by atoms with van der Waals surface area (Å²) in [5.41, 5.74) is 1.25. The normalized spacial score (nSPS) is 17.6. The number of carbonyl (C=O) groups excluding carboxylic acids is 2. The van der Waals surface area contributed by atoms with Crippen LogP contribution in [0.25, 0.3) is 5.76 Å². The summed E-state index contributed by atoms with van der Waals surface area (Å²) in [6.45, 7) is 0.755. The SMILES string of the molecule is COc1ccc(C2/C(=C(\O)c3ccc4c(c3)OCCO4)C(=O)C(=O)N2c2nnc(SCc3ccccc3F)s2)cc1. The van der Waals surface area contributed by atoms with Gasteiger partial charge in [0.25, 0.3) is 5.78 Å². The lowest BCUT2D eigenvalue weighted by Crippen LogP contribution is -2.29. The summed E-state index contributed by atoms with van der Waals surface area (Å²) in [7, 11) is 1.53. The first-order valence-electron chi connectivity index (χ1n) is 12.5. The molecule has 0 saturated carbocycles. The number of carbonyl (C=O) groups is 2. The van der Waals surface area contributed by atoms with Crippen LogP contribution in [0.4, 0.5) is 9.52 Å². The third kappa shape index (κ3) is 5.11. The lowest BCUT2D eigenvalue weighted by molar-refractivity contribution is -0.132. The Morgan fingerprint density at radius 2 is 1.83 bits per heavy atom. The summed E-state index contributed by atoms with van der Waals surface area (Å²) in [5, 5.41) is 20.0. The van der Waals surface area contributed by atoms with Crippen molar-refractivity contribution in [1.82, 2.24) is 10.2 Å². The highest BCUT2D eigenvalue weighted by molar-refractivity contribution is 8.00. The third-order valence-electron chi connectivity index (χ3n) is 6.60. The average molecular weight is 592 g/mol. The van der Waals surface area contributed by atoms with E-state index in [-0.39, 0.29) is 22.3 Å². The number of ketones is 1. The van der Waals surface area contributed by atoms with Gasteiger partial charge in [0.1, 0.15) is 30.5 Å². The van der Waals surface area contributed by atoms with Crippen molar-refractivity contribution in [2.24, 2.45) is 0 Å². The van der Waals surface area contributed by atoms with Gasteiger partial charge >= 0.3 is 5.91 Å². The van der Waals surface area contributed by atoms with Crippen molar-refractivity contribution >= 4 is 45.7 Å². The molecule has 0 spiro atoms. The second-order valence-electron chi connectivity index (χ2n) is 9.03. The zero-order chi connectivity index (χ0) is 28.5. The number of rotatable bonds is 7.